The number of nitrogens with zero attached hydrogens (tertiary/aromatic N) is 4. The van der Waals surface area contributed by atoms with Crippen LogP contribution >= 0.6 is 0 Å². The van der Waals surface area contributed by atoms with E-state index in [4.69, 9.17) is 0 Å². The Morgan fingerprint density at radius 1 is 1.35 bits per heavy atom. The summed E-state index contributed by atoms with van der Waals surface area (Å²) in [6.07, 6.45) is 4.25. The van der Waals surface area contributed by atoms with Gasteiger partial charge in [0.1, 0.15) is 5.82 Å². The molecule has 2 aromatic rings. The number of nitrogens with one attached hydrogen (secondary N) is 1. The van der Waals surface area contributed by atoms with Crippen LogP contribution in [0.4, 0.5) is 5.82 Å². The Morgan fingerprint density at radius 2 is 2.15 bits per heavy atom. The van der Waals surface area contributed by atoms with Crippen LogP contribution in [0, 0.1) is 0 Å². The second kappa shape index (κ2) is 6.18. The average molecular weight is 273 g/mol. The topological polar surface area (TPSA) is 63.1 Å². The molecule has 0 saturated heterocycles. The van der Waals surface area contributed by atoms with Crippen LogP contribution in [0.1, 0.15) is 16.1 Å². The minimum Gasteiger partial charge on any atom is -0.370 e. The molecular formula is C14H19N5O. The van der Waals surface area contributed by atoms with Crippen molar-refractivity contribution in [2.24, 2.45) is 7.05 Å². The van der Waals surface area contributed by atoms with Gasteiger partial charge in [0.25, 0.3) is 5.91 Å². The normalized spacial score (nSPS) is 10.3. The third-order valence-electron chi connectivity index (χ3n) is 3.03. The lowest BCUT2D eigenvalue weighted by atomic mass is 10.2. The van der Waals surface area contributed by atoms with Gasteiger partial charge in [0.2, 0.25) is 0 Å². The Bertz CT molecular complexity index is 574. The highest BCUT2D eigenvalue weighted by Gasteiger charge is 2.07. The molecule has 20 heavy (non-hydrogen) atoms. The predicted octanol–water partition coefficient (Wildman–Crippen LogP) is 1.17. The molecule has 1 N–H and O–H groups in total. The van der Waals surface area contributed by atoms with Crippen molar-refractivity contribution in [1.29, 1.82) is 0 Å². The van der Waals surface area contributed by atoms with Gasteiger partial charge in [0, 0.05) is 52.2 Å². The van der Waals surface area contributed by atoms with Crippen molar-refractivity contribution in [2.45, 2.75) is 6.42 Å². The molecule has 0 atom stereocenters. The number of anilines is 1. The first-order valence-electron chi connectivity index (χ1n) is 6.46. The van der Waals surface area contributed by atoms with Crippen LogP contribution in [-0.2, 0) is 13.5 Å². The second-order valence-electron chi connectivity index (χ2n) is 4.75. The number of rotatable bonds is 5. The van der Waals surface area contributed by atoms with Gasteiger partial charge >= 0.3 is 0 Å². The maximum atomic E-state index is 11.7. The number of amides is 1. The summed E-state index contributed by atoms with van der Waals surface area (Å²) in [4.78, 5) is 17.5. The van der Waals surface area contributed by atoms with E-state index in [1.165, 1.54) is 4.90 Å². The first kappa shape index (κ1) is 14.0. The molecule has 0 unspecified atom stereocenters. The molecule has 106 valence electrons. The van der Waals surface area contributed by atoms with E-state index in [0.29, 0.717) is 5.56 Å². The van der Waals surface area contributed by atoms with Gasteiger partial charge in [-0.25, -0.2) is 4.98 Å². The monoisotopic (exact) mass is 273 g/mol. The van der Waals surface area contributed by atoms with Gasteiger partial charge in [-0.3, -0.25) is 9.48 Å². The van der Waals surface area contributed by atoms with Gasteiger partial charge in [0.05, 0.1) is 5.56 Å². The van der Waals surface area contributed by atoms with E-state index in [1.54, 1.807) is 32.6 Å². The van der Waals surface area contributed by atoms with Crippen LogP contribution in [0.25, 0.3) is 0 Å². The van der Waals surface area contributed by atoms with Gasteiger partial charge in [-0.15, -0.1) is 0 Å². The molecule has 0 spiro atoms. The molecule has 0 aromatic carbocycles. The van der Waals surface area contributed by atoms with E-state index in [-0.39, 0.29) is 5.91 Å². The fourth-order valence-corrected chi connectivity index (χ4v) is 1.85. The van der Waals surface area contributed by atoms with Gasteiger partial charge in [-0.2, -0.15) is 5.10 Å². The van der Waals surface area contributed by atoms with Gasteiger partial charge in [-0.05, 0) is 18.2 Å². The summed E-state index contributed by atoms with van der Waals surface area (Å²) in [5.74, 6) is 0.724. The molecule has 1 amide bonds. The number of pyridine rings is 1. The molecule has 2 rings (SSSR count). The maximum absolute atomic E-state index is 11.7. The molecule has 0 aliphatic heterocycles. The summed E-state index contributed by atoms with van der Waals surface area (Å²) in [6, 6.07) is 5.59. The fraction of sp³-hybridized carbons (Fsp3) is 0.357. The zero-order chi connectivity index (χ0) is 14.5. The minimum absolute atomic E-state index is 0.0427. The van der Waals surface area contributed by atoms with Crippen LogP contribution in [0.3, 0.4) is 0 Å². The lowest BCUT2D eigenvalue weighted by molar-refractivity contribution is 0.0827. The molecular weight excluding hydrogens is 254 g/mol. The molecule has 0 saturated carbocycles. The van der Waals surface area contributed by atoms with E-state index in [9.17, 15) is 4.79 Å². The van der Waals surface area contributed by atoms with Crippen LogP contribution in [0.2, 0.25) is 0 Å². The molecule has 2 aromatic heterocycles. The highest BCUT2D eigenvalue weighted by atomic mass is 16.2. The van der Waals surface area contributed by atoms with Gasteiger partial charge in [0.15, 0.2) is 0 Å². The Morgan fingerprint density at radius 3 is 2.70 bits per heavy atom. The van der Waals surface area contributed by atoms with Gasteiger partial charge in [-0.1, -0.05) is 0 Å². The molecule has 2 heterocycles. The summed E-state index contributed by atoms with van der Waals surface area (Å²) >= 11 is 0. The largest absolute Gasteiger partial charge is 0.370 e. The van der Waals surface area contributed by atoms with Crippen molar-refractivity contribution in [3.63, 3.8) is 0 Å². The lowest BCUT2D eigenvalue weighted by Gasteiger charge is -2.10. The number of hydrogen-bond donors (Lipinski definition) is 1. The SMILES string of the molecule is CN(C)C(=O)c1ccc(NCCc2ccnn2C)nc1. The zero-order valence-corrected chi connectivity index (χ0v) is 12.0. The number of carbonyl (C=O) groups excluding carboxylic acids is 1. The van der Waals surface area contributed by atoms with E-state index < -0.39 is 0 Å². The molecule has 0 bridgehead atoms. The van der Waals surface area contributed by atoms with Crippen molar-refractivity contribution in [3.8, 4) is 0 Å². The van der Waals surface area contributed by atoms with Crippen molar-refractivity contribution >= 4 is 11.7 Å². The first-order chi connectivity index (χ1) is 9.58. The van der Waals surface area contributed by atoms with Crippen LogP contribution in [0.5, 0.6) is 0 Å². The summed E-state index contributed by atoms with van der Waals surface area (Å²) in [5, 5.41) is 7.35. The van der Waals surface area contributed by atoms with Crippen molar-refractivity contribution in [3.05, 3.63) is 41.9 Å². The smallest absolute Gasteiger partial charge is 0.254 e. The zero-order valence-electron chi connectivity index (χ0n) is 12.0. The second-order valence-corrected chi connectivity index (χ2v) is 4.75. The summed E-state index contributed by atoms with van der Waals surface area (Å²) in [7, 11) is 5.38. The van der Waals surface area contributed by atoms with E-state index in [2.05, 4.69) is 15.4 Å². The summed E-state index contributed by atoms with van der Waals surface area (Å²) in [6.45, 7) is 0.771. The lowest BCUT2D eigenvalue weighted by Crippen LogP contribution is -2.21. The van der Waals surface area contributed by atoms with Crippen LogP contribution in [-0.4, -0.2) is 46.2 Å². The molecule has 0 aliphatic rings. The average Bonchev–Trinajstić information content (AvgIpc) is 2.84. The Balaban J connectivity index is 1.88. The summed E-state index contributed by atoms with van der Waals surface area (Å²) < 4.78 is 1.86. The summed E-state index contributed by atoms with van der Waals surface area (Å²) in [5.41, 5.74) is 1.75. The van der Waals surface area contributed by atoms with Crippen molar-refractivity contribution in [2.75, 3.05) is 26.0 Å². The Hall–Kier alpha value is -2.37. The third-order valence-corrected chi connectivity index (χ3v) is 3.03. The molecule has 0 fully saturated rings. The molecule has 6 heteroatoms. The fourth-order valence-electron chi connectivity index (χ4n) is 1.85. The van der Waals surface area contributed by atoms with E-state index in [0.717, 1.165) is 24.5 Å². The standard InChI is InChI=1S/C14H19N5O/c1-18(2)14(20)11-4-5-13(16-10-11)15-8-6-12-7-9-17-19(12)3/h4-5,7,9-10H,6,8H2,1-3H3,(H,15,16). The van der Waals surface area contributed by atoms with E-state index >= 15 is 0 Å². The predicted molar refractivity (Wildman–Crippen MR) is 77.7 cm³/mol. The molecule has 0 aliphatic carbocycles. The number of carbonyl (C=O) groups is 1. The van der Waals surface area contributed by atoms with E-state index in [1.807, 2.05) is 23.9 Å². The van der Waals surface area contributed by atoms with Crippen LogP contribution in [0.15, 0.2) is 30.6 Å². The third kappa shape index (κ3) is 3.34. The van der Waals surface area contributed by atoms with Crippen molar-refractivity contribution < 1.29 is 4.79 Å². The molecule has 0 radical (unpaired) electrons. The quantitative estimate of drug-likeness (QED) is 0.888. The van der Waals surface area contributed by atoms with Crippen molar-refractivity contribution in [1.82, 2.24) is 19.7 Å². The molecule has 6 nitrogen and oxygen atoms in total. The number of aryl methyl sites for hydroxylation is 1. The first-order valence-corrected chi connectivity index (χ1v) is 6.46. The number of aromatic nitrogens is 3. The Labute approximate surface area is 118 Å². The highest BCUT2D eigenvalue weighted by Crippen LogP contribution is 2.07. The minimum atomic E-state index is -0.0427. The van der Waals surface area contributed by atoms with Gasteiger partial charge < -0.3 is 10.2 Å². The Kier molecular flexibility index (Phi) is 4.34. The maximum Gasteiger partial charge on any atom is 0.254 e. The van der Waals surface area contributed by atoms with Crippen LogP contribution < -0.4 is 5.32 Å². The highest BCUT2D eigenvalue weighted by molar-refractivity contribution is 5.93. The number of hydrogen-bond acceptors (Lipinski definition) is 4.